The molecule has 0 aliphatic carbocycles. The topological polar surface area (TPSA) is 111 Å². The van der Waals surface area contributed by atoms with E-state index in [0.29, 0.717) is 29.0 Å². The van der Waals surface area contributed by atoms with Crippen molar-refractivity contribution in [2.75, 3.05) is 24.5 Å². The summed E-state index contributed by atoms with van der Waals surface area (Å²) in [6.07, 6.45) is 2.47. The Kier molecular flexibility index (Phi) is 5.91. The van der Waals surface area contributed by atoms with Crippen LogP contribution in [0.1, 0.15) is 25.1 Å². The number of rotatable bonds is 5. The molecule has 0 bridgehead atoms. The van der Waals surface area contributed by atoms with E-state index in [1.165, 1.54) is 4.57 Å². The molecule has 2 amide bonds. The molecule has 1 saturated heterocycles. The summed E-state index contributed by atoms with van der Waals surface area (Å²) in [5, 5.41) is 0.424. The maximum absolute atomic E-state index is 13.2. The van der Waals surface area contributed by atoms with Crippen LogP contribution >= 0.6 is 0 Å². The van der Waals surface area contributed by atoms with Crippen LogP contribution in [-0.4, -0.2) is 52.0 Å². The van der Waals surface area contributed by atoms with Crippen LogP contribution in [0.4, 0.5) is 5.69 Å². The largest absolute Gasteiger partial charge is 0.477 e. The van der Waals surface area contributed by atoms with Crippen molar-refractivity contribution < 1.29 is 14.3 Å². The third-order valence-electron chi connectivity index (χ3n) is 6.39. The third kappa shape index (κ3) is 4.21. The molecule has 5 rings (SSSR count). The van der Waals surface area contributed by atoms with E-state index in [1.54, 1.807) is 18.2 Å². The van der Waals surface area contributed by atoms with Gasteiger partial charge in [-0.3, -0.25) is 19.0 Å². The quantitative estimate of drug-likeness (QED) is 0.619. The lowest BCUT2D eigenvalue weighted by atomic mass is 10.1. The highest BCUT2D eigenvalue weighted by atomic mass is 16.5. The van der Waals surface area contributed by atoms with Crippen LogP contribution < -0.4 is 20.9 Å². The first-order valence-corrected chi connectivity index (χ1v) is 11.6. The summed E-state index contributed by atoms with van der Waals surface area (Å²) < 4.78 is 7.43. The average molecular weight is 462 g/mol. The monoisotopic (exact) mass is 461 g/mol. The molecule has 2 N–H and O–H groups in total. The summed E-state index contributed by atoms with van der Waals surface area (Å²) >= 11 is 0. The summed E-state index contributed by atoms with van der Waals surface area (Å²) in [4.78, 5) is 46.7. The van der Waals surface area contributed by atoms with Crippen LogP contribution in [0.5, 0.6) is 5.75 Å². The zero-order chi connectivity index (χ0) is 23.7. The van der Waals surface area contributed by atoms with Crippen LogP contribution in [0.3, 0.4) is 0 Å². The minimum Gasteiger partial charge on any atom is -0.477 e. The molecule has 1 atom stereocenters. The summed E-state index contributed by atoms with van der Waals surface area (Å²) in [6.45, 7) is 1.74. The number of carbonyl (C=O) groups excluding carboxylic acids is 2. The van der Waals surface area contributed by atoms with Gasteiger partial charge >= 0.3 is 0 Å². The Morgan fingerprint density at radius 2 is 1.76 bits per heavy atom. The number of primary amides is 1. The minimum absolute atomic E-state index is 0.0276. The van der Waals surface area contributed by atoms with E-state index in [0.717, 1.165) is 38.0 Å². The fourth-order valence-electron chi connectivity index (χ4n) is 4.73. The molecule has 1 fully saturated rings. The molecular formula is C25H27N5O4. The number of hydrogen-bond acceptors (Lipinski definition) is 6. The number of benzene rings is 2. The number of fused-ring (bicyclic) bond motifs is 2. The van der Waals surface area contributed by atoms with Gasteiger partial charge in [0, 0.05) is 13.1 Å². The van der Waals surface area contributed by atoms with Crippen molar-refractivity contribution in [2.45, 2.75) is 38.5 Å². The Bertz CT molecular complexity index is 1300. The van der Waals surface area contributed by atoms with Crippen molar-refractivity contribution in [3.63, 3.8) is 0 Å². The van der Waals surface area contributed by atoms with Crippen LogP contribution in [-0.2, 0) is 22.7 Å². The fraction of sp³-hybridized carbons (Fsp3) is 0.360. The van der Waals surface area contributed by atoms with Crippen molar-refractivity contribution in [3.8, 4) is 5.75 Å². The molecule has 9 nitrogen and oxygen atoms in total. The van der Waals surface area contributed by atoms with Gasteiger partial charge in [-0.05, 0) is 43.5 Å². The Hall–Kier alpha value is -3.88. The Balaban J connectivity index is 1.52. The first kappa shape index (κ1) is 21.9. The predicted octanol–water partition coefficient (Wildman–Crippen LogP) is 1.66. The van der Waals surface area contributed by atoms with Crippen molar-refractivity contribution in [3.05, 3.63) is 64.7 Å². The van der Waals surface area contributed by atoms with Crippen molar-refractivity contribution in [2.24, 2.45) is 5.73 Å². The van der Waals surface area contributed by atoms with Gasteiger partial charge < -0.3 is 20.3 Å². The molecule has 176 valence electrons. The summed E-state index contributed by atoms with van der Waals surface area (Å²) in [5.41, 5.74) is 6.48. The average Bonchev–Trinajstić information content (AvgIpc) is 2.86. The maximum atomic E-state index is 13.2. The normalized spacial score (nSPS) is 17.8. The van der Waals surface area contributed by atoms with Gasteiger partial charge in [-0.15, -0.1) is 0 Å². The van der Waals surface area contributed by atoms with Gasteiger partial charge in [0.05, 0.1) is 29.7 Å². The molecule has 2 aliphatic rings. The van der Waals surface area contributed by atoms with E-state index in [9.17, 15) is 14.4 Å². The maximum Gasteiger partial charge on any atom is 0.265 e. The third-order valence-corrected chi connectivity index (χ3v) is 6.39. The highest BCUT2D eigenvalue weighted by Gasteiger charge is 2.34. The van der Waals surface area contributed by atoms with Crippen LogP contribution in [0, 0.1) is 0 Å². The Labute approximate surface area is 196 Å². The lowest BCUT2D eigenvalue weighted by Gasteiger charge is -2.38. The number of para-hydroxylation sites is 3. The minimum atomic E-state index is -0.662. The Morgan fingerprint density at radius 3 is 2.56 bits per heavy atom. The number of carbonyl (C=O) groups is 2. The lowest BCUT2D eigenvalue weighted by Crippen LogP contribution is -2.51. The van der Waals surface area contributed by atoms with Gasteiger partial charge in [0.1, 0.15) is 18.1 Å². The van der Waals surface area contributed by atoms with E-state index in [1.807, 2.05) is 40.1 Å². The summed E-state index contributed by atoms with van der Waals surface area (Å²) in [6, 6.07) is 14.5. The Morgan fingerprint density at radius 1 is 1.03 bits per heavy atom. The highest BCUT2D eigenvalue weighted by molar-refractivity contribution is 5.83. The lowest BCUT2D eigenvalue weighted by molar-refractivity contribution is -0.139. The highest BCUT2D eigenvalue weighted by Crippen LogP contribution is 2.34. The first-order chi connectivity index (χ1) is 16.5. The van der Waals surface area contributed by atoms with Gasteiger partial charge in [-0.25, -0.2) is 4.98 Å². The fourth-order valence-corrected chi connectivity index (χ4v) is 4.73. The van der Waals surface area contributed by atoms with Crippen molar-refractivity contribution in [1.82, 2.24) is 14.5 Å². The molecular weight excluding hydrogens is 434 g/mol. The second kappa shape index (κ2) is 9.17. The van der Waals surface area contributed by atoms with Gasteiger partial charge in [0.2, 0.25) is 5.91 Å². The molecule has 9 heteroatoms. The molecule has 0 radical (unpaired) electrons. The first-order valence-electron chi connectivity index (χ1n) is 11.6. The van der Waals surface area contributed by atoms with Gasteiger partial charge in [-0.1, -0.05) is 24.3 Å². The zero-order valence-electron chi connectivity index (χ0n) is 18.9. The van der Waals surface area contributed by atoms with E-state index in [-0.39, 0.29) is 24.6 Å². The number of nitrogens with two attached hydrogens (primary N) is 1. The van der Waals surface area contributed by atoms with E-state index in [4.69, 9.17) is 15.5 Å². The smallest absolute Gasteiger partial charge is 0.265 e. The van der Waals surface area contributed by atoms with E-state index in [2.05, 4.69) is 0 Å². The number of nitrogens with zero attached hydrogens (tertiary/aromatic N) is 4. The molecule has 1 aromatic heterocycles. The second-order valence-corrected chi connectivity index (χ2v) is 8.74. The van der Waals surface area contributed by atoms with Crippen LogP contribution in [0.25, 0.3) is 10.9 Å². The molecule has 1 unspecified atom stereocenters. The molecule has 2 aromatic carbocycles. The summed E-state index contributed by atoms with van der Waals surface area (Å²) in [5.74, 6) is 0.359. The number of hydrogen-bond donors (Lipinski definition) is 1. The number of piperidine rings is 1. The number of anilines is 1. The second-order valence-electron chi connectivity index (χ2n) is 8.74. The van der Waals surface area contributed by atoms with Gasteiger partial charge in [0.15, 0.2) is 6.10 Å². The van der Waals surface area contributed by atoms with Gasteiger partial charge in [-0.2, -0.15) is 0 Å². The van der Waals surface area contributed by atoms with Crippen molar-refractivity contribution >= 4 is 28.4 Å². The molecule has 2 aliphatic heterocycles. The molecule has 3 aromatic rings. The molecule has 34 heavy (non-hydrogen) atoms. The predicted molar refractivity (Wildman–Crippen MR) is 128 cm³/mol. The van der Waals surface area contributed by atoms with Crippen LogP contribution in [0.15, 0.2) is 53.3 Å². The molecule has 0 saturated carbocycles. The number of likely N-dealkylation sites (tertiary alicyclic amines) is 1. The number of aromatic nitrogens is 2. The van der Waals surface area contributed by atoms with E-state index < -0.39 is 12.0 Å². The zero-order valence-corrected chi connectivity index (χ0v) is 18.9. The summed E-state index contributed by atoms with van der Waals surface area (Å²) in [7, 11) is 0. The van der Waals surface area contributed by atoms with Crippen LogP contribution in [0.2, 0.25) is 0 Å². The SMILES string of the molecule is NC(=O)Cn1c(CN2CC(C(=O)N3CCCCC3)Oc3ccccc32)nc2ccccc2c1=O. The number of ether oxygens (including phenoxy) is 1. The van der Waals surface area contributed by atoms with Crippen molar-refractivity contribution in [1.29, 1.82) is 0 Å². The van der Waals surface area contributed by atoms with E-state index >= 15 is 0 Å². The molecule has 0 spiro atoms. The standard InChI is InChI=1S/C25H27N5O4/c26-22(31)15-30-23(27-18-9-3-2-8-17(18)24(30)32)16-29-14-21(25(33)28-12-6-1-7-13-28)34-20-11-5-4-10-19(20)29/h2-5,8-11,21H,1,6-7,12-16H2,(H2,26,31). The number of amides is 2. The molecule has 3 heterocycles. The van der Waals surface area contributed by atoms with Gasteiger partial charge in [0.25, 0.3) is 11.5 Å².